The zero-order valence-corrected chi connectivity index (χ0v) is 22.9. The van der Waals surface area contributed by atoms with Gasteiger partial charge in [-0.2, -0.15) is 0 Å². The predicted molar refractivity (Wildman–Crippen MR) is 146 cm³/mol. The SMILES string of the molecule is C/C(=C(\CCOP(=O)(O)O)SC(=O)c1ccccc1)N(C=O)Cc1cnc(C)nc1NC(=O)c1ccccc1. The minimum absolute atomic E-state index is 0.0491. The summed E-state index contributed by atoms with van der Waals surface area (Å²) in [6, 6.07) is 17.0. The third-order valence-corrected chi connectivity index (χ3v) is 7.06. The monoisotopic (exact) mass is 570 g/mol. The molecule has 0 spiro atoms. The lowest BCUT2D eigenvalue weighted by Crippen LogP contribution is -2.23. The summed E-state index contributed by atoms with van der Waals surface area (Å²) >= 11 is 0.832. The van der Waals surface area contributed by atoms with E-state index >= 15 is 0 Å². The minimum Gasteiger partial charge on any atom is -0.314 e. The molecule has 39 heavy (non-hydrogen) atoms. The van der Waals surface area contributed by atoms with Crippen LogP contribution in [0.25, 0.3) is 0 Å². The molecule has 0 saturated heterocycles. The Balaban J connectivity index is 1.89. The molecule has 0 aliphatic rings. The first-order valence-corrected chi connectivity index (χ1v) is 14.0. The second-order valence-corrected chi connectivity index (χ2v) is 10.5. The van der Waals surface area contributed by atoms with E-state index in [1.807, 2.05) is 0 Å². The van der Waals surface area contributed by atoms with E-state index in [0.29, 0.717) is 39.5 Å². The number of aromatic nitrogens is 2. The number of carbonyl (C=O) groups is 3. The number of aryl methyl sites for hydroxylation is 1. The van der Waals surface area contributed by atoms with Crippen LogP contribution in [0.4, 0.5) is 5.82 Å². The van der Waals surface area contributed by atoms with Crippen LogP contribution >= 0.6 is 19.6 Å². The Labute approximate surface area is 229 Å². The molecule has 204 valence electrons. The van der Waals surface area contributed by atoms with Gasteiger partial charge in [0.25, 0.3) is 5.91 Å². The van der Waals surface area contributed by atoms with Crippen molar-refractivity contribution in [1.82, 2.24) is 14.9 Å². The zero-order chi connectivity index (χ0) is 28.4. The fourth-order valence-corrected chi connectivity index (χ4v) is 4.63. The highest BCUT2D eigenvalue weighted by molar-refractivity contribution is 8.17. The number of nitrogens with zero attached hydrogens (tertiary/aromatic N) is 3. The first-order valence-electron chi connectivity index (χ1n) is 11.7. The molecule has 0 saturated carbocycles. The Bertz CT molecular complexity index is 1400. The summed E-state index contributed by atoms with van der Waals surface area (Å²) in [5.74, 6) is 0.237. The van der Waals surface area contributed by atoms with Crippen molar-refractivity contribution in [3.63, 3.8) is 0 Å². The Kier molecular flexibility index (Phi) is 10.7. The number of nitrogens with one attached hydrogen (secondary N) is 1. The van der Waals surface area contributed by atoms with Gasteiger partial charge in [-0.15, -0.1) is 0 Å². The molecule has 0 bridgehead atoms. The minimum atomic E-state index is -4.74. The van der Waals surface area contributed by atoms with Crippen molar-refractivity contribution in [2.75, 3.05) is 11.9 Å². The Morgan fingerprint density at radius 2 is 1.69 bits per heavy atom. The van der Waals surface area contributed by atoms with Crippen LogP contribution in [0, 0.1) is 6.92 Å². The quantitative estimate of drug-likeness (QED) is 0.212. The van der Waals surface area contributed by atoms with Gasteiger partial charge in [0.15, 0.2) is 0 Å². The number of allylic oxidation sites excluding steroid dienone is 1. The van der Waals surface area contributed by atoms with Crippen LogP contribution < -0.4 is 5.32 Å². The largest absolute Gasteiger partial charge is 0.469 e. The van der Waals surface area contributed by atoms with Crippen molar-refractivity contribution in [3.05, 3.63) is 100.0 Å². The Morgan fingerprint density at radius 3 is 2.28 bits per heavy atom. The first-order chi connectivity index (χ1) is 18.6. The molecule has 13 heteroatoms. The first kappa shape index (κ1) is 29.9. The molecule has 3 N–H and O–H groups in total. The number of hydrogen-bond acceptors (Lipinski definition) is 8. The molecule has 0 radical (unpaired) electrons. The van der Waals surface area contributed by atoms with E-state index in [1.54, 1.807) is 74.5 Å². The van der Waals surface area contributed by atoms with Crippen LogP contribution in [0.1, 0.15) is 45.4 Å². The number of phosphoric acid groups is 1. The number of thioether (sulfide) groups is 1. The molecule has 0 aliphatic carbocycles. The van der Waals surface area contributed by atoms with Crippen LogP contribution in [0.3, 0.4) is 0 Å². The van der Waals surface area contributed by atoms with Gasteiger partial charge in [0.1, 0.15) is 11.6 Å². The molecule has 2 amide bonds. The van der Waals surface area contributed by atoms with Gasteiger partial charge in [-0.1, -0.05) is 48.5 Å². The van der Waals surface area contributed by atoms with Crippen molar-refractivity contribution in [2.45, 2.75) is 26.8 Å². The molecule has 3 aromatic rings. The Hall–Kier alpha value is -3.67. The lowest BCUT2D eigenvalue weighted by molar-refractivity contribution is -0.116. The van der Waals surface area contributed by atoms with Crippen molar-refractivity contribution >= 4 is 42.8 Å². The smallest absolute Gasteiger partial charge is 0.314 e. The van der Waals surface area contributed by atoms with Crippen molar-refractivity contribution < 1.29 is 33.3 Å². The van der Waals surface area contributed by atoms with E-state index < -0.39 is 7.82 Å². The van der Waals surface area contributed by atoms with Gasteiger partial charge in [0, 0.05) is 39.9 Å². The van der Waals surface area contributed by atoms with E-state index in [2.05, 4.69) is 19.8 Å². The molecule has 11 nitrogen and oxygen atoms in total. The molecular formula is C26H27N4O7PS. The molecule has 0 unspecified atom stereocenters. The van der Waals surface area contributed by atoms with Gasteiger partial charge in [-0.05, 0) is 37.7 Å². The van der Waals surface area contributed by atoms with E-state index in [9.17, 15) is 18.9 Å². The number of carbonyl (C=O) groups excluding carboxylic acids is 3. The van der Waals surface area contributed by atoms with E-state index in [1.165, 1.54) is 11.1 Å². The number of benzene rings is 2. The lowest BCUT2D eigenvalue weighted by atomic mass is 10.2. The van der Waals surface area contributed by atoms with E-state index in [4.69, 9.17) is 9.79 Å². The Morgan fingerprint density at radius 1 is 1.08 bits per heavy atom. The van der Waals surface area contributed by atoms with Gasteiger partial charge in [0.2, 0.25) is 11.5 Å². The summed E-state index contributed by atoms with van der Waals surface area (Å²) in [4.78, 5) is 66.1. The highest BCUT2D eigenvalue weighted by atomic mass is 32.2. The van der Waals surface area contributed by atoms with Crippen molar-refractivity contribution in [3.8, 4) is 0 Å². The summed E-state index contributed by atoms with van der Waals surface area (Å²) in [5, 5.41) is 2.44. The third-order valence-electron chi connectivity index (χ3n) is 5.37. The molecule has 0 atom stereocenters. The normalized spacial score (nSPS) is 11.9. The summed E-state index contributed by atoms with van der Waals surface area (Å²) in [5.41, 5.74) is 1.63. The number of rotatable bonds is 12. The molecule has 0 fully saturated rings. The lowest BCUT2D eigenvalue weighted by Gasteiger charge is -2.23. The molecule has 1 heterocycles. The molecule has 2 aromatic carbocycles. The highest BCUT2D eigenvalue weighted by Crippen LogP contribution is 2.37. The number of anilines is 1. The summed E-state index contributed by atoms with van der Waals surface area (Å²) in [6.45, 7) is 2.83. The molecule has 3 rings (SSSR count). The highest BCUT2D eigenvalue weighted by Gasteiger charge is 2.21. The van der Waals surface area contributed by atoms with Crippen LogP contribution in [0.5, 0.6) is 0 Å². The van der Waals surface area contributed by atoms with Gasteiger partial charge in [-0.3, -0.25) is 18.9 Å². The van der Waals surface area contributed by atoms with Gasteiger partial charge < -0.3 is 20.0 Å². The summed E-state index contributed by atoms with van der Waals surface area (Å²) in [7, 11) is -4.74. The predicted octanol–water partition coefficient (Wildman–Crippen LogP) is 4.30. The summed E-state index contributed by atoms with van der Waals surface area (Å²) in [6.07, 6.45) is 1.99. The van der Waals surface area contributed by atoms with Crippen molar-refractivity contribution in [1.29, 1.82) is 0 Å². The molecule has 0 aliphatic heterocycles. The number of amides is 2. The van der Waals surface area contributed by atoms with Crippen LogP contribution in [-0.4, -0.2) is 48.7 Å². The molecule has 1 aromatic heterocycles. The number of phosphoric ester groups is 1. The van der Waals surface area contributed by atoms with Crippen LogP contribution in [-0.2, 0) is 20.4 Å². The van der Waals surface area contributed by atoms with Gasteiger partial charge >= 0.3 is 7.82 Å². The van der Waals surface area contributed by atoms with E-state index in [0.717, 1.165) is 11.8 Å². The van der Waals surface area contributed by atoms with Gasteiger partial charge in [0.05, 0.1) is 13.2 Å². The summed E-state index contributed by atoms with van der Waals surface area (Å²) < 4.78 is 15.8. The zero-order valence-electron chi connectivity index (χ0n) is 21.2. The van der Waals surface area contributed by atoms with Gasteiger partial charge in [-0.25, -0.2) is 14.5 Å². The van der Waals surface area contributed by atoms with E-state index in [-0.39, 0.29) is 36.4 Å². The molecular weight excluding hydrogens is 543 g/mol. The number of hydrogen-bond donors (Lipinski definition) is 3. The fraction of sp³-hybridized carbons (Fsp3) is 0.192. The second-order valence-electron chi connectivity index (χ2n) is 8.18. The maximum absolute atomic E-state index is 12.9. The average molecular weight is 571 g/mol. The third kappa shape index (κ3) is 9.24. The van der Waals surface area contributed by atoms with Crippen LogP contribution in [0.2, 0.25) is 0 Å². The van der Waals surface area contributed by atoms with Crippen LogP contribution in [0.15, 0.2) is 77.5 Å². The second kappa shape index (κ2) is 13.9. The standard InChI is InChI=1S/C26H27N4O7PS/c1-18(23(13-14-37-38(34,35)36)39-26(33)21-11-7-4-8-12-21)30(17-31)16-22-15-27-19(2)28-24(22)29-25(32)20-9-5-3-6-10-20/h3-12,15,17H,13-14,16H2,1-2H3,(H2,34,35,36)(H,27,28,29,32)/b23-18-. The fourth-order valence-electron chi connectivity index (χ4n) is 3.37. The van der Waals surface area contributed by atoms with Crippen molar-refractivity contribution in [2.24, 2.45) is 0 Å². The average Bonchev–Trinajstić information content (AvgIpc) is 2.92. The maximum atomic E-state index is 12.9. The topological polar surface area (TPSA) is 159 Å². The maximum Gasteiger partial charge on any atom is 0.469 e.